The van der Waals surface area contributed by atoms with Gasteiger partial charge in [0.05, 0.1) is 43.1 Å². The molecule has 0 saturated heterocycles. The second-order valence-corrected chi connectivity index (χ2v) is 9.53. The van der Waals surface area contributed by atoms with Crippen LogP contribution >= 0.6 is 11.3 Å². The van der Waals surface area contributed by atoms with Crippen molar-refractivity contribution in [2.75, 3.05) is 33.1 Å². The summed E-state index contributed by atoms with van der Waals surface area (Å²) in [6.45, 7) is 0.0334. The number of hydrogen-bond acceptors (Lipinski definition) is 7. The first-order chi connectivity index (χ1) is 18.7. The van der Waals surface area contributed by atoms with Gasteiger partial charge < -0.3 is 30.1 Å². The van der Waals surface area contributed by atoms with Crippen molar-refractivity contribution in [2.45, 2.75) is 19.0 Å². The predicted octanol–water partition coefficient (Wildman–Crippen LogP) is 3.49. The number of rotatable bonds is 12. The van der Waals surface area contributed by atoms with E-state index in [4.69, 9.17) is 9.47 Å². The van der Waals surface area contributed by atoms with Gasteiger partial charge in [-0.05, 0) is 35.9 Å². The lowest BCUT2D eigenvalue weighted by molar-refractivity contribution is -0.137. The Kier molecular flexibility index (Phi) is 10.3. The number of carbonyl (C=O) groups excluding carboxylic acids is 3. The number of aliphatic carboxylic acids is 1. The molecule has 39 heavy (non-hydrogen) atoms. The lowest BCUT2D eigenvalue weighted by atomic mass is 10.0. The van der Waals surface area contributed by atoms with E-state index in [0.717, 1.165) is 16.9 Å². The Labute approximate surface area is 229 Å². The third-order valence-electron chi connectivity index (χ3n) is 5.60. The maximum Gasteiger partial charge on any atom is 0.320 e. The molecule has 2 aromatic carbocycles. The summed E-state index contributed by atoms with van der Waals surface area (Å²) in [5.74, 6) is -1.25. The van der Waals surface area contributed by atoms with E-state index in [2.05, 4.69) is 16.0 Å². The van der Waals surface area contributed by atoms with Gasteiger partial charge in [0.15, 0.2) is 0 Å². The Morgan fingerprint density at radius 2 is 1.74 bits per heavy atom. The number of likely N-dealkylation sites (N-methyl/N-ethyl adjacent to an activating group) is 1. The van der Waals surface area contributed by atoms with Gasteiger partial charge in [-0.2, -0.15) is 0 Å². The van der Waals surface area contributed by atoms with Crippen LogP contribution in [0.1, 0.15) is 33.3 Å². The quantitative estimate of drug-likeness (QED) is 0.268. The summed E-state index contributed by atoms with van der Waals surface area (Å²) < 4.78 is 10.6. The molecule has 12 heteroatoms. The van der Waals surface area contributed by atoms with Gasteiger partial charge in [-0.15, -0.1) is 11.3 Å². The number of ether oxygens (including phenoxy) is 2. The van der Waals surface area contributed by atoms with Gasteiger partial charge in [-0.1, -0.05) is 30.3 Å². The van der Waals surface area contributed by atoms with Crippen LogP contribution in [0.3, 0.4) is 0 Å². The molecule has 0 spiro atoms. The molecule has 1 aromatic heterocycles. The Balaban J connectivity index is 1.59. The minimum Gasteiger partial charge on any atom is -0.497 e. The van der Waals surface area contributed by atoms with E-state index in [-0.39, 0.29) is 6.54 Å². The second kappa shape index (κ2) is 13.8. The van der Waals surface area contributed by atoms with Crippen molar-refractivity contribution in [3.63, 3.8) is 0 Å². The summed E-state index contributed by atoms with van der Waals surface area (Å²) >= 11 is 1.07. The van der Waals surface area contributed by atoms with Crippen LogP contribution in [0.2, 0.25) is 0 Å². The van der Waals surface area contributed by atoms with Crippen molar-refractivity contribution >= 4 is 40.2 Å². The number of carboxylic acid groups (broad SMARTS) is 1. The van der Waals surface area contributed by atoms with Gasteiger partial charge in [0.25, 0.3) is 5.91 Å². The molecule has 11 nitrogen and oxygen atoms in total. The van der Waals surface area contributed by atoms with E-state index >= 15 is 0 Å². The maximum atomic E-state index is 12.9. The van der Waals surface area contributed by atoms with Crippen LogP contribution < -0.4 is 25.4 Å². The number of hydrogen-bond donors (Lipinski definition) is 4. The Hall–Kier alpha value is -4.58. The number of thiophene rings is 1. The Morgan fingerprint density at radius 3 is 2.41 bits per heavy atom. The van der Waals surface area contributed by atoms with Gasteiger partial charge in [-0.25, -0.2) is 4.79 Å². The first-order valence-corrected chi connectivity index (χ1v) is 12.7. The van der Waals surface area contributed by atoms with Gasteiger partial charge in [-0.3, -0.25) is 19.7 Å². The molecule has 4 N–H and O–H groups in total. The molecule has 0 saturated carbocycles. The highest BCUT2D eigenvalue weighted by atomic mass is 32.1. The number of amides is 4. The number of anilines is 1. The van der Waals surface area contributed by atoms with E-state index in [1.54, 1.807) is 30.3 Å². The highest BCUT2D eigenvalue weighted by Crippen LogP contribution is 2.31. The minimum atomic E-state index is -1.12. The van der Waals surface area contributed by atoms with Crippen molar-refractivity contribution in [3.05, 3.63) is 76.7 Å². The molecule has 1 heterocycles. The molecular formula is C27H30N4O7S. The molecule has 0 bridgehead atoms. The van der Waals surface area contributed by atoms with E-state index in [1.165, 1.54) is 26.2 Å². The van der Waals surface area contributed by atoms with E-state index in [9.17, 15) is 24.3 Å². The molecule has 1 unspecified atom stereocenters. The Bertz CT molecular complexity index is 1310. The highest BCUT2D eigenvalue weighted by molar-refractivity contribution is 7.18. The molecule has 0 radical (unpaired) electrons. The van der Waals surface area contributed by atoms with Crippen LogP contribution in [0, 0.1) is 0 Å². The number of carbonyl (C=O) groups is 4. The zero-order valence-corrected chi connectivity index (χ0v) is 22.5. The first kappa shape index (κ1) is 29.0. The average Bonchev–Trinajstić information content (AvgIpc) is 3.39. The van der Waals surface area contributed by atoms with Crippen molar-refractivity contribution in [3.8, 4) is 11.5 Å². The third kappa shape index (κ3) is 8.47. The topological polar surface area (TPSA) is 146 Å². The van der Waals surface area contributed by atoms with Crippen molar-refractivity contribution in [2.24, 2.45) is 0 Å². The molecule has 0 fully saturated rings. The fourth-order valence-electron chi connectivity index (χ4n) is 3.69. The van der Waals surface area contributed by atoms with Crippen LogP contribution in [-0.2, 0) is 16.1 Å². The zero-order valence-electron chi connectivity index (χ0n) is 21.7. The van der Waals surface area contributed by atoms with Gasteiger partial charge in [0.1, 0.15) is 11.5 Å². The largest absolute Gasteiger partial charge is 0.497 e. The monoisotopic (exact) mass is 554 g/mol. The molecule has 0 aliphatic rings. The summed E-state index contributed by atoms with van der Waals surface area (Å²) in [5.41, 5.74) is 1.38. The standard InChI is InChI=1S/C27H30N4O7S/c1-31(16-23(32)29-20(14-25(33)34)19-13-18(37-2)9-10-21(19)38-3)26(35)22-11-12-24(39-22)30-27(36)28-15-17-7-5-4-6-8-17/h4-13,20H,14-16H2,1-3H3,(H,29,32)(H,33,34)(H2,28,30,36). The van der Waals surface area contributed by atoms with Crippen LogP contribution in [0.4, 0.5) is 9.80 Å². The van der Waals surface area contributed by atoms with E-state index in [0.29, 0.717) is 33.5 Å². The van der Waals surface area contributed by atoms with Gasteiger partial charge in [0.2, 0.25) is 5.91 Å². The molecule has 206 valence electrons. The summed E-state index contributed by atoms with van der Waals surface area (Å²) in [6.07, 6.45) is -0.404. The number of carboxylic acids is 1. The lowest BCUT2D eigenvalue weighted by Gasteiger charge is -2.22. The molecule has 3 aromatic rings. The van der Waals surface area contributed by atoms with Crippen LogP contribution in [-0.4, -0.2) is 61.6 Å². The maximum absolute atomic E-state index is 12.9. The Morgan fingerprint density at radius 1 is 1.00 bits per heavy atom. The third-order valence-corrected chi connectivity index (χ3v) is 6.59. The fraction of sp³-hybridized carbons (Fsp3) is 0.259. The predicted molar refractivity (Wildman–Crippen MR) is 146 cm³/mol. The molecule has 1 atom stereocenters. The lowest BCUT2D eigenvalue weighted by Crippen LogP contribution is -2.40. The molecule has 0 aliphatic carbocycles. The zero-order chi connectivity index (χ0) is 28.4. The minimum absolute atomic E-state index is 0.320. The highest BCUT2D eigenvalue weighted by Gasteiger charge is 2.24. The molecule has 3 rings (SSSR count). The van der Waals surface area contributed by atoms with Gasteiger partial charge in [0, 0.05) is 19.2 Å². The van der Waals surface area contributed by atoms with Crippen LogP contribution in [0.15, 0.2) is 60.7 Å². The molecule has 0 aliphatic heterocycles. The molecule has 4 amide bonds. The number of nitrogens with zero attached hydrogens (tertiary/aromatic N) is 1. The number of urea groups is 1. The number of methoxy groups -OCH3 is 2. The first-order valence-electron chi connectivity index (χ1n) is 11.9. The van der Waals surface area contributed by atoms with Crippen molar-refractivity contribution < 1.29 is 33.8 Å². The summed E-state index contributed by atoms with van der Waals surface area (Å²) in [4.78, 5) is 51.0. The summed E-state index contributed by atoms with van der Waals surface area (Å²) in [5, 5.41) is 18.0. The van der Waals surface area contributed by atoms with Crippen LogP contribution in [0.5, 0.6) is 11.5 Å². The van der Waals surface area contributed by atoms with E-state index in [1.807, 2.05) is 30.3 Å². The average molecular weight is 555 g/mol. The smallest absolute Gasteiger partial charge is 0.320 e. The number of benzene rings is 2. The van der Waals surface area contributed by atoms with Crippen LogP contribution in [0.25, 0.3) is 0 Å². The van der Waals surface area contributed by atoms with Gasteiger partial charge >= 0.3 is 12.0 Å². The second-order valence-electron chi connectivity index (χ2n) is 8.44. The summed E-state index contributed by atoms with van der Waals surface area (Å²) in [7, 11) is 4.37. The van der Waals surface area contributed by atoms with E-state index < -0.39 is 36.3 Å². The van der Waals surface area contributed by atoms with Crippen molar-refractivity contribution in [1.29, 1.82) is 0 Å². The number of nitrogens with one attached hydrogen (secondary N) is 3. The normalized spacial score (nSPS) is 11.2. The van der Waals surface area contributed by atoms with Crippen molar-refractivity contribution in [1.82, 2.24) is 15.5 Å². The molecular weight excluding hydrogens is 524 g/mol. The SMILES string of the molecule is COc1ccc(OC)c(C(CC(=O)O)NC(=O)CN(C)C(=O)c2ccc(NC(=O)NCc3ccccc3)s2)c1. The fourth-order valence-corrected chi connectivity index (χ4v) is 4.59. The summed E-state index contributed by atoms with van der Waals surface area (Å²) in [6, 6.07) is 16.1.